The average molecular weight is 530 g/mol. The number of benzene rings is 1. The smallest absolute Gasteiger partial charge is 0.287 e. The number of hydrogen-bond donors (Lipinski definition) is 4. The molecule has 1 aromatic carbocycles. The molecule has 4 N–H and O–H groups in total. The van der Waals surface area contributed by atoms with Crippen molar-refractivity contribution in [3.63, 3.8) is 0 Å². The van der Waals surface area contributed by atoms with Crippen molar-refractivity contribution < 1.29 is 37.4 Å². The highest BCUT2D eigenvalue weighted by atomic mass is 32.2. The molecule has 12 heteroatoms. The van der Waals surface area contributed by atoms with E-state index in [1.165, 1.54) is 22.5 Å². The van der Waals surface area contributed by atoms with Gasteiger partial charge in [0.15, 0.2) is 0 Å². The Kier molecular flexibility index (Phi) is 11.0. The van der Waals surface area contributed by atoms with Gasteiger partial charge in [-0.15, -0.1) is 0 Å². The van der Waals surface area contributed by atoms with Crippen molar-refractivity contribution in [3.05, 3.63) is 35.6 Å². The maximum Gasteiger partial charge on any atom is 0.287 e. The Labute approximate surface area is 211 Å². The number of ketones is 1. The first-order valence-corrected chi connectivity index (χ1v) is 13.6. The molecule has 1 aromatic rings. The Morgan fingerprint density at radius 1 is 1.19 bits per heavy atom. The second-order valence-electron chi connectivity index (χ2n) is 9.77. The fourth-order valence-corrected chi connectivity index (χ4v) is 5.50. The quantitative estimate of drug-likeness (QED) is 0.269. The summed E-state index contributed by atoms with van der Waals surface area (Å²) in [6, 6.07) is 5.48. The molecule has 1 aliphatic heterocycles. The number of nitrogens with one attached hydrogen (secondary N) is 2. The van der Waals surface area contributed by atoms with Crippen molar-refractivity contribution >= 4 is 27.6 Å². The lowest BCUT2D eigenvalue weighted by atomic mass is 9.83. The predicted molar refractivity (Wildman–Crippen MR) is 130 cm³/mol. The lowest BCUT2D eigenvalue weighted by Crippen LogP contribution is -2.45. The second kappa shape index (κ2) is 13.2. The molecule has 0 saturated carbocycles. The summed E-state index contributed by atoms with van der Waals surface area (Å²) >= 11 is 0. The van der Waals surface area contributed by atoms with E-state index in [0.29, 0.717) is 18.4 Å². The third-order valence-corrected chi connectivity index (χ3v) is 8.26. The molecule has 1 heterocycles. The Morgan fingerprint density at radius 3 is 2.47 bits per heavy atom. The third kappa shape index (κ3) is 8.91. The van der Waals surface area contributed by atoms with E-state index < -0.39 is 45.0 Å². The Bertz CT molecular complexity index is 1020. The summed E-state index contributed by atoms with van der Waals surface area (Å²) in [5.41, 5.74) is -0.461. The molecule has 10 nitrogen and oxygen atoms in total. The van der Waals surface area contributed by atoms with Crippen molar-refractivity contribution in [2.45, 2.75) is 51.4 Å². The SMILES string of the molecule is CC(C)(CCO)C(O)C(=O)NCCC(=O)C(=O)NCC1CCN(S(=O)(=O)Cc2cccc(F)c2)CC1. The lowest BCUT2D eigenvalue weighted by Gasteiger charge is -2.31. The molecule has 0 aliphatic carbocycles. The lowest BCUT2D eigenvalue weighted by molar-refractivity contribution is -0.139. The molecule has 36 heavy (non-hydrogen) atoms. The van der Waals surface area contributed by atoms with E-state index in [2.05, 4.69) is 10.6 Å². The van der Waals surface area contributed by atoms with Gasteiger partial charge < -0.3 is 20.8 Å². The Hall–Kier alpha value is -2.41. The van der Waals surface area contributed by atoms with Gasteiger partial charge in [0.25, 0.3) is 5.91 Å². The molecule has 2 rings (SSSR count). The van der Waals surface area contributed by atoms with Crippen LogP contribution in [0.4, 0.5) is 4.39 Å². The molecule has 202 valence electrons. The predicted octanol–water partition coefficient (Wildman–Crippen LogP) is 0.329. The molecule has 1 saturated heterocycles. The molecule has 1 fully saturated rings. The van der Waals surface area contributed by atoms with Crippen LogP contribution in [-0.4, -0.2) is 79.4 Å². The molecular formula is C24H36FN3O7S. The summed E-state index contributed by atoms with van der Waals surface area (Å²) in [6.07, 6.45) is -0.359. The van der Waals surface area contributed by atoms with Gasteiger partial charge in [-0.05, 0) is 42.9 Å². The van der Waals surface area contributed by atoms with Crippen LogP contribution in [0.2, 0.25) is 0 Å². The number of aliphatic hydroxyl groups is 2. The number of piperidine rings is 1. The molecular weight excluding hydrogens is 493 g/mol. The van der Waals surface area contributed by atoms with Gasteiger partial charge in [0.05, 0.1) is 5.75 Å². The molecule has 1 unspecified atom stereocenters. The van der Waals surface area contributed by atoms with Crippen molar-refractivity contribution in [3.8, 4) is 0 Å². The van der Waals surface area contributed by atoms with Crippen LogP contribution in [0.3, 0.4) is 0 Å². The van der Waals surface area contributed by atoms with Gasteiger partial charge in [-0.25, -0.2) is 17.1 Å². The van der Waals surface area contributed by atoms with Crippen LogP contribution in [0.25, 0.3) is 0 Å². The molecule has 1 aliphatic rings. The summed E-state index contributed by atoms with van der Waals surface area (Å²) in [4.78, 5) is 36.2. The minimum absolute atomic E-state index is 0.00553. The van der Waals surface area contributed by atoms with Crippen molar-refractivity contribution in [1.82, 2.24) is 14.9 Å². The summed E-state index contributed by atoms with van der Waals surface area (Å²) in [6.45, 7) is 3.74. The normalized spacial score (nSPS) is 16.4. The van der Waals surface area contributed by atoms with E-state index in [0.717, 1.165) is 0 Å². The van der Waals surface area contributed by atoms with Crippen molar-refractivity contribution in [2.24, 2.45) is 11.3 Å². The van der Waals surface area contributed by atoms with Gasteiger partial charge in [-0.3, -0.25) is 14.4 Å². The molecule has 0 spiro atoms. The van der Waals surface area contributed by atoms with Crippen molar-refractivity contribution in [2.75, 3.05) is 32.8 Å². The number of amides is 2. The first kappa shape index (κ1) is 29.8. The number of carbonyl (C=O) groups is 3. The van der Waals surface area contributed by atoms with Gasteiger partial charge in [0.2, 0.25) is 21.7 Å². The van der Waals surface area contributed by atoms with E-state index in [4.69, 9.17) is 5.11 Å². The number of sulfonamides is 1. The largest absolute Gasteiger partial charge is 0.396 e. The monoisotopic (exact) mass is 529 g/mol. The summed E-state index contributed by atoms with van der Waals surface area (Å²) < 4.78 is 40.0. The zero-order chi connectivity index (χ0) is 26.9. The van der Waals surface area contributed by atoms with E-state index in [1.54, 1.807) is 19.9 Å². The van der Waals surface area contributed by atoms with Crippen LogP contribution in [0.15, 0.2) is 24.3 Å². The van der Waals surface area contributed by atoms with Crippen LogP contribution in [0.1, 0.15) is 45.1 Å². The number of rotatable bonds is 13. The van der Waals surface area contributed by atoms with Crippen LogP contribution < -0.4 is 10.6 Å². The van der Waals surface area contributed by atoms with Crippen LogP contribution in [0.5, 0.6) is 0 Å². The maximum atomic E-state index is 13.3. The van der Waals surface area contributed by atoms with Gasteiger partial charge >= 0.3 is 0 Å². The van der Waals surface area contributed by atoms with E-state index in [9.17, 15) is 32.3 Å². The van der Waals surface area contributed by atoms with Crippen LogP contribution >= 0.6 is 0 Å². The fourth-order valence-electron chi connectivity index (χ4n) is 3.95. The first-order valence-electron chi connectivity index (χ1n) is 12.0. The molecule has 0 radical (unpaired) electrons. The molecule has 0 aromatic heterocycles. The van der Waals surface area contributed by atoms with Crippen LogP contribution in [-0.2, 0) is 30.2 Å². The van der Waals surface area contributed by atoms with E-state index in [1.807, 2.05) is 0 Å². The van der Waals surface area contributed by atoms with Gasteiger partial charge in [0, 0.05) is 44.6 Å². The van der Waals surface area contributed by atoms with Crippen LogP contribution in [0, 0.1) is 17.2 Å². The molecule has 0 bridgehead atoms. The minimum atomic E-state index is -3.60. The zero-order valence-electron chi connectivity index (χ0n) is 20.7. The fraction of sp³-hybridized carbons (Fsp3) is 0.625. The minimum Gasteiger partial charge on any atom is -0.396 e. The van der Waals surface area contributed by atoms with E-state index in [-0.39, 0.29) is 57.3 Å². The zero-order valence-corrected chi connectivity index (χ0v) is 21.5. The highest BCUT2D eigenvalue weighted by molar-refractivity contribution is 7.88. The molecule has 2 amide bonds. The number of aliphatic hydroxyl groups excluding tert-OH is 2. The number of nitrogens with zero attached hydrogens (tertiary/aromatic N) is 1. The summed E-state index contributed by atoms with van der Waals surface area (Å²) in [5, 5.41) is 24.1. The summed E-state index contributed by atoms with van der Waals surface area (Å²) in [7, 11) is -3.60. The Balaban J connectivity index is 1.70. The topological polar surface area (TPSA) is 153 Å². The van der Waals surface area contributed by atoms with Crippen molar-refractivity contribution in [1.29, 1.82) is 0 Å². The highest BCUT2D eigenvalue weighted by Crippen LogP contribution is 2.25. The maximum absolute atomic E-state index is 13.3. The third-order valence-electron chi connectivity index (χ3n) is 6.41. The number of halogens is 1. The van der Waals surface area contributed by atoms with Gasteiger partial charge in [-0.1, -0.05) is 26.0 Å². The standard InChI is InChI=1S/C24H36FN3O7S/c1-24(2,9-13-29)21(31)23(33)26-10-6-20(30)22(32)27-15-17-7-11-28(12-8-17)36(34,35)16-18-4-3-5-19(25)14-18/h3-5,14,17,21,29,31H,6-13,15-16H2,1-2H3,(H,26,33)(H,27,32). The average Bonchev–Trinajstić information content (AvgIpc) is 2.81. The summed E-state index contributed by atoms with van der Waals surface area (Å²) in [5.74, 6) is -2.95. The molecule has 1 atom stereocenters. The number of carbonyl (C=O) groups excluding carboxylic acids is 3. The van der Waals surface area contributed by atoms with Gasteiger partial charge in [0.1, 0.15) is 11.9 Å². The van der Waals surface area contributed by atoms with E-state index >= 15 is 0 Å². The highest BCUT2D eigenvalue weighted by Gasteiger charge is 2.33. The Morgan fingerprint density at radius 2 is 1.86 bits per heavy atom. The number of hydrogen-bond acceptors (Lipinski definition) is 7. The number of Topliss-reactive ketones (excluding diaryl/α,β-unsaturated/α-hetero) is 1. The van der Waals surface area contributed by atoms with Gasteiger partial charge in [-0.2, -0.15) is 0 Å². The first-order chi connectivity index (χ1) is 16.9. The second-order valence-corrected chi connectivity index (χ2v) is 11.7.